The summed E-state index contributed by atoms with van der Waals surface area (Å²) in [5, 5.41) is 2.96. The van der Waals surface area contributed by atoms with Crippen molar-refractivity contribution < 1.29 is 17.6 Å². The highest BCUT2D eigenvalue weighted by atomic mass is 79.9. The summed E-state index contributed by atoms with van der Waals surface area (Å²) in [7, 11) is 0. The smallest absolute Gasteiger partial charge is 0.239 e. The normalized spacial score (nSPS) is 12.1. The molecule has 80 valence electrons. The van der Waals surface area contributed by atoms with Gasteiger partial charge in [0.1, 0.15) is 0 Å². The highest BCUT2D eigenvalue weighted by molar-refractivity contribution is 9.08. The Kier molecular flexibility index (Phi) is 3.18. The van der Waals surface area contributed by atoms with Gasteiger partial charge in [-0.05, 0) is 6.92 Å². The number of aryl methyl sites for hydroxylation is 1. The lowest BCUT2D eigenvalue weighted by atomic mass is 10.3. The molecule has 0 fully saturated rings. The van der Waals surface area contributed by atoms with Gasteiger partial charge in [0.15, 0.2) is 5.69 Å². The van der Waals surface area contributed by atoms with Gasteiger partial charge in [0.05, 0.1) is 0 Å². The summed E-state index contributed by atoms with van der Waals surface area (Å²) in [6.45, 7) is 1.59. The van der Waals surface area contributed by atoms with Crippen LogP contribution in [-0.4, -0.2) is 9.78 Å². The molecular weight excluding hydrogens is 268 g/mol. The molecule has 14 heavy (non-hydrogen) atoms. The van der Waals surface area contributed by atoms with Crippen molar-refractivity contribution in [3.63, 3.8) is 0 Å². The van der Waals surface area contributed by atoms with Gasteiger partial charge in [0, 0.05) is 17.4 Å². The lowest BCUT2D eigenvalue weighted by molar-refractivity contribution is -0.142. The largest absolute Gasteiger partial charge is 0.435 e. The van der Waals surface area contributed by atoms with Crippen molar-refractivity contribution in [2.75, 3.05) is 0 Å². The first-order valence-electron chi connectivity index (χ1n) is 3.80. The lowest BCUT2D eigenvalue weighted by Crippen LogP contribution is -2.09. The molecule has 0 amide bonds. The van der Waals surface area contributed by atoms with Crippen molar-refractivity contribution in [2.45, 2.75) is 25.0 Å². The fourth-order valence-electron chi connectivity index (χ4n) is 1.03. The number of hydrogen-bond acceptors (Lipinski definition) is 1. The van der Waals surface area contributed by atoms with Crippen LogP contribution in [0.2, 0.25) is 0 Å². The number of aromatic nitrogens is 2. The molecule has 1 aromatic rings. The zero-order valence-corrected chi connectivity index (χ0v) is 8.78. The molecule has 0 unspecified atom stereocenters. The van der Waals surface area contributed by atoms with Crippen LogP contribution in [0.25, 0.3) is 0 Å². The third kappa shape index (κ3) is 1.92. The molecule has 2 nitrogen and oxygen atoms in total. The second-order valence-corrected chi connectivity index (χ2v) is 3.13. The van der Waals surface area contributed by atoms with E-state index >= 15 is 0 Å². The second kappa shape index (κ2) is 3.88. The van der Waals surface area contributed by atoms with Crippen LogP contribution in [0, 0.1) is 5.95 Å². The van der Waals surface area contributed by atoms with Crippen molar-refractivity contribution in [1.29, 1.82) is 0 Å². The Morgan fingerprint density at radius 3 is 2.29 bits per heavy atom. The Bertz CT molecular complexity index is 331. The maximum atomic E-state index is 13.2. The number of nitrogens with zero attached hydrogens (tertiary/aromatic N) is 2. The predicted octanol–water partition coefficient (Wildman–Crippen LogP) is 2.96. The molecule has 0 radical (unpaired) electrons. The first kappa shape index (κ1) is 11.5. The first-order valence-corrected chi connectivity index (χ1v) is 4.92. The van der Waals surface area contributed by atoms with E-state index in [1.165, 1.54) is 6.92 Å². The van der Waals surface area contributed by atoms with Crippen molar-refractivity contribution in [3.05, 3.63) is 17.2 Å². The van der Waals surface area contributed by atoms with E-state index in [1.54, 1.807) is 0 Å². The summed E-state index contributed by atoms with van der Waals surface area (Å²) < 4.78 is 50.8. The van der Waals surface area contributed by atoms with Crippen LogP contribution < -0.4 is 0 Å². The van der Waals surface area contributed by atoms with Gasteiger partial charge in [0.25, 0.3) is 0 Å². The van der Waals surface area contributed by atoms with Gasteiger partial charge in [-0.25, -0.2) is 4.68 Å². The van der Waals surface area contributed by atoms with Crippen molar-refractivity contribution in [1.82, 2.24) is 9.78 Å². The van der Waals surface area contributed by atoms with Crippen molar-refractivity contribution >= 4 is 15.9 Å². The van der Waals surface area contributed by atoms with E-state index in [4.69, 9.17) is 0 Å². The van der Waals surface area contributed by atoms with Gasteiger partial charge < -0.3 is 0 Å². The third-order valence-electron chi connectivity index (χ3n) is 1.68. The van der Waals surface area contributed by atoms with Gasteiger partial charge in [0.2, 0.25) is 5.95 Å². The van der Waals surface area contributed by atoms with Crippen LogP contribution in [-0.2, 0) is 18.1 Å². The van der Waals surface area contributed by atoms with Crippen molar-refractivity contribution in [3.8, 4) is 0 Å². The van der Waals surface area contributed by atoms with E-state index in [1.807, 2.05) is 0 Å². The van der Waals surface area contributed by atoms with E-state index < -0.39 is 23.4 Å². The highest BCUT2D eigenvalue weighted by Crippen LogP contribution is 2.33. The molecular formula is C7H7BrF4N2. The Labute approximate surface area is 86.0 Å². The maximum absolute atomic E-state index is 13.2. The second-order valence-electron chi connectivity index (χ2n) is 2.57. The molecule has 0 aliphatic carbocycles. The first-order chi connectivity index (χ1) is 6.41. The van der Waals surface area contributed by atoms with Gasteiger partial charge in [-0.2, -0.15) is 22.7 Å². The third-order valence-corrected chi connectivity index (χ3v) is 2.24. The molecule has 1 aromatic heterocycles. The van der Waals surface area contributed by atoms with Crippen LogP contribution in [0.1, 0.15) is 18.2 Å². The number of halogens is 5. The number of rotatable bonds is 2. The molecule has 7 heteroatoms. The fourth-order valence-corrected chi connectivity index (χ4v) is 1.53. The van der Waals surface area contributed by atoms with E-state index in [-0.39, 0.29) is 11.9 Å². The maximum Gasteiger partial charge on any atom is 0.435 e. The van der Waals surface area contributed by atoms with E-state index in [9.17, 15) is 17.6 Å². The van der Waals surface area contributed by atoms with Gasteiger partial charge >= 0.3 is 6.18 Å². The quantitative estimate of drug-likeness (QED) is 0.599. The van der Waals surface area contributed by atoms with Crippen LogP contribution in [0.3, 0.4) is 0 Å². The van der Waals surface area contributed by atoms with E-state index in [0.29, 0.717) is 4.68 Å². The molecule has 1 heterocycles. The van der Waals surface area contributed by atoms with Crippen LogP contribution in [0.5, 0.6) is 0 Å². The topological polar surface area (TPSA) is 17.8 Å². The Hall–Kier alpha value is -0.590. The summed E-state index contributed by atoms with van der Waals surface area (Å²) in [5.41, 5.74) is -1.60. The minimum Gasteiger partial charge on any atom is -0.239 e. The highest BCUT2D eigenvalue weighted by Gasteiger charge is 2.38. The zero-order valence-electron chi connectivity index (χ0n) is 7.20. The lowest BCUT2D eigenvalue weighted by Gasteiger charge is -2.02. The molecule has 0 aliphatic rings. The minimum atomic E-state index is -4.61. The SMILES string of the molecule is CCn1nc(C(F)(F)F)c(CBr)c1F. The number of hydrogen-bond donors (Lipinski definition) is 0. The molecule has 0 aromatic carbocycles. The Morgan fingerprint density at radius 1 is 1.43 bits per heavy atom. The summed E-state index contributed by atoms with van der Waals surface area (Å²) in [6.07, 6.45) is -4.61. The Balaban J connectivity index is 3.30. The molecule has 0 saturated heterocycles. The molecule has 0 saturated carbocycles. The zero-order chi connectivity index (χ0) is 10.9. The van der Waals surface area contributed by atoms with E-state index in [0.717, 1.165) is 0 Å². The summed E-state index contributed by atoms with van der Waals surface area (Å²) in [6, 6.07) is 0. The molecule has 0 atom stereocenters. The molecule has 0 spiro atoms. The average molecular weight is 275 g/mol. The minimum absolute atomic E-state index is 0.0713. The van der Waals surface area contributed by atoms with Crippen LogP contribution in [0.4, 0.5) is 17.6 Å². The van der Waals surface area contributed by atoms with Gasteiger partial charge in [-0.15, -0.1) is 0 Å². The fraction of sp³-hybridized carbons (Fsp3) is 0.571. The molecule has 0 N–H and O–H groups in total. The van der Waals surface area contributed by atoms with Gasteiger partial charge in [-0.1, -0.05) is 15.9 Å². The summed E-state index contributed by atoms with van der Waals surface area (Å²) >= 11 is 2.80. The summed E-state index contributed by atoms with van der Waals surface area (Å²) in [4.78, 5) is 0. The predicted molar refractivity (Wildman–Crippen MR) is 45.5 cm³/mol. The molecule has 0 aliphatic heterocycles. The molecule has 1 rings (SSSR count). The van der Waals surface area contributed by atoms with Crippen LogP contribution in [0.15, 0.2) is 0 Å². The standard InChI is InChI=1S/C7H7BrF4N2/c1-2-14-6(9)4(3-8)5(13-14)7(10,11)12/h2-3H2,1H3. The monoisotopic (exact) mass is 274 g/mol. The van der Waals surface area contributed by atoms with E-state index in [2.05, 4.69) is 21.0 Å². The Morgan fingerprint density at radius 2 is 2.00 bits per heavy atom. The number of alkyl halides is 4. The average Bonchev–Trinajstić information content (AvgIpc) is 2.41. The van der Waals surface area contributed by atoms with Gasteiger partial charge in [-0.3, -0.25) is 0 Å². The summed E-state index contributed by atoms with van der Waals surface area (Å²) in [5.74, 6) is -0.934. The molecule has 0 bridgehead atoms. The van der Waals surface area contributed by atoms with Crippen LogP contribution >= 0.6 is 15.9 Å². The van der Waals surface area contributed by atoms with Crippen molar-refractivity contribution in [2.24, 2.45) is 0 Å².